The van der Waals surface area contributed by atoms with Crippen molar-refractivity contribution >= 4 is 12.0 Å². The molecule has 1 aliphatic heterocycles. The number of hydrogen-bond acceptors (Lipinski definition) is 3. The molecule has 1 saturated heterocycles. The van der Waals surface area contributed by atoms with E-state index in [1.807, 2.05) is 13.8 Å². The van der Waals surface area contributed by atoms with Crippen molar-refractivity contribution in [2.24, 2.45) is 0 Å². The van der Waals surface area contributed by atoms with E-state index in [2.05, 4.69) is 6.58 Å². The van der Waals surface area contributed by atoms with Crippen LogP contribution in [0.2, 0.25) is 0 Å². The van der Waals surface area contributed by atoms with Gasteiger partial charge in [0.05, 0.1) is 12.0 Å². The van der Waals surface area contributed by atoms with Crippen LogP contribution in [-0.4, -0.2) is 28.0 Å². The second kappa shape index (κ2) is 3.61. The molecule has 0 N–H and O–H groups in total. The average Bonchev–Trinajstić information content (AvgIpc) is 1.97. The quantitative estimate of drug-likeness (QED) is 0.509. The molecule has 16 heavy (non-hydrogen) atoms. The van der Waals surface area contributed by atoms with Crippen LogP contribution in [0.5, 0.6) is 0 Å². The third kappa shape index (κ3) is 2.10. The predicted molar refractivity (Wildman–Crippen MR) is 60.9 cm³/mol. The summed E-state index contributed by atoms with van der Waals surface area (Å²) in [6.45, 7) is 12.8. The van der Waals surface area contributed by atoms with E-state index in [0.717, 1.165) is 10.5 Å². The van der Waals surface area contributed by atoms with Crippen molar-refractivity contribution in [2.75, 3.05) is 0 Å². The minimum Gasteiger partial charge on any atom is -0.443 e. The van der Waals surface area contributed by atoms with Gasteiger partial charge in [0.1, 0.15) is 5.60 Å². The van der Waals surface area contributed by atoms with Crippen LogP contribution in [0.4, 0.5) is 4.79 Å². The Kier molecular flexibility index (Phi) is 2.88. The molecule has 2 amide bonds. The third-order valence-corrected chi connectivity index (χ3v) is 2.73. The molecular weight excluding hydrogens is 206 g/mol. The number of hydrogen-bond donors (Lipinski definition) is 0. The number of carbonyl (C=O) groups excluding carboxylic acids is 2. The van der Waals surface area contributed by atoms with Crippen molar-refractivity contribution in [3.63, 3.8) is 0 Å². The van der Waals surface area contributed by atoms with Gasteiger partial charge >= 0.3 is 6.09 Å². The summed E-state index contributed by atoms with van der Waals surface area (Å²) >= 11 is 0. The summed E-state index contributed by atoms with van der Waals surface area (Å²) in [6, 6.07) is 0. The number of carbonyl (C=O) groups is 2. The van der Waals surface area contributed by atoms with Crippen molar-refractivity contribution in [3.05, 3.63) is 12.2 Å². The standard InChI is InChI=1S/C12H19NO3/c1-8(2)12(6)7-9(14)13(12)10(15)16-11(3,4)5/h1,7H2,2-6H3/t12-/m0/s1. The number of imide groups is 1. The molecule has 0 aromatic rings. The molecule has 0 bridgehead atoms. The molecule has 0 unspecified atom stereocenters. The maximum Gasteiger partial charge on any atom is 0.417 e. The summed E-state index contributed by atoms with van der Waals surface area (Å²) in [5.74, 6) is -0.209. The lowest BCUT2D eigenvalue weighted by Crippen LogP contribution is -2.65. The molecule has 0 aromatic carbocycles. The van der Waals surface area contributed by atoms with E-state index in [9.17, 15) is 9.59 Å². The van der Waals surface area contributed by atoms with E-state index in [1.54, 1.807) is 20.8 Å². The van der Waals surface area contributed by atoms with Gasteiger partial charge in [-0.25, -0.2) is 9.69 Å². The lowest BCUT2D eigenvalue weighted by Gasteiger charge is -2.48. The molecule has 1 rings (SSSR count). The molecule has 0 radical (unpaired) electrons. The van der Waals surface area contributed by atoms with Crippen molar-refractivity contribution in [1.29, 1.82) is 0 Å². The van der Waals surface area contributed by atoms with Gasteiger partial charge in [-0.2, -0.15) is 0 Å². The molecule has 4 nitrogen and oxygen atoms in total. The number of rotatable bonds is 1. The van der Waals surface area contributed by atoms with Crippen LogP contribution in [0, 0.1) is 0 Å². The summed E-state index contributed by atoms with van der Waals surface area (Å²) in [4.78, 5) is 24.4. The minimum atomic E-state index is -0.594. The number of amides is 2. The highest BCUT2D eigenvalue weighted by Crippen LogP contribution is 2.38. The highest BCUT2D eigenvalue weighted by molar-refractivity contribution is 6.00. The summed E-state index contributed by atoms with van der Waals surface area (Å²) in [5, 5.41) is 0. The van der Waals surface area contributed by atoms with Gasteiger partial charge in [-0.1, -0.05) is 12.2 Å². The van der Waals surface area contributed by atoms with E-state index in [0.29, 0.717) is 6.42 Å². The Morgan fingerprint density at radius 2 is 2.00 bits per heavy atom. The Balaban J connectivity index is 2.83. The van der Waals surface area contributed by atoms with Crippen LogP contribution in [0.1, 0.15) is 41.0 Å². The lowest BCUT2D eigenvalue weighted by atomic mass is 9.81. The molecule has 1 aliphatic rings. The smallest absolute Gasteiger partial charge is 0.417 e. The SMILES string of the molecule is C=C(C)[C@]1(C)CC(=O)N1C(=O)OC(C)(C)C. The highest BCUT2D eigenvalue weighted by atomic mass is 16.6. The molecule has 1 fully saturated rings. The first-order valence-electron chi connectivity index (χ1n) is 5.30. The van der Waals surface area contributed by atoms with Gasteiger partial charge in [0.15, 0.2) is 0 Å². The number of β-lactam (4-membered cyclic amide) rings is 1. The number of likely N-dealkylation sites (tertiary alicyclic amines) is 1. The first-order chi connectivity index (χ1) is 7.08. The van der Waals surface area contributed by atoms with Crippen molar-refractivity contribution in [3.8, 4) is 0 Å². The van der Waals surface area contributed by atoms with Gasteiger partial charge in [-0.3, -0.25) is 4.79 Å². The molecular formula is C12H19NO3. The summed E-state index contributed by atoms with van der Waals surface area (Å²) in [6.07, 6.45) is -0.268. The van der Waals surface area contributed by atoms with Crippen LogP contribution >= 0.6 is 0 Å². The number of ether oxygens (including phenoxy) is 1. The van der Waals surface area contributed by atoms with Crippen LogP contribution in [0.3, 0.4) is 0 Å². The van der Waals surface area contributed by atoms with Crippen molar-refractivity contribution in [1.82, 2.24) is 4.90 Å². The first-order valence-corrected chi connectivity index (χ1v) is 5.30. The van der Waals surface area contributed by atoms with Crippen molar-refractivity contribution < 1.29 is 14.3 Å². The summed E-state index contributed by atoms with van der Waals surface area (Å²) in [5.41, 5.74) is -0.388. The summed E-state index contributed by atoms with van der Waals surface area (Å²) in [7, 11) is 0. The fourth-order valence-electron chi connectivity index (χ4n) is 1.59. The number of nitrogens with zero attached hydrogens (tertiary/aromatic N) is 1. The molecule has 0 aromatic heterocycles. The molecule has 1 heterocycles. The van der Waals surface area contributed by atoms with Gasteiger partial charge in [0.25, 0.3) is 0 Å². The molecule has 0 saturated carbocycles. The van der Waals surface area contributed by atoms with Crippen LogP contribution in [-0.2, 0) is 9.53 Å². The average molecular weight is 225 g/mol. The van der Waals surface area contributed by atoms with Gasteiger partial charge in [-0.05, 0) is 34.6 Å². The van der Waals surface area contributed by atoms with Crippen LogP contribution in [0.25, 0.3) is 0 Å². The third-order valence-electron chi connectivity index (χ3n) is 2.73. The van der Waals surface area contributed by atoms with E-state index >= 15 is 0 Å². The van der Waals surface area contributed by atoms with Crippen molar-refractivity contribution in [2.45, 2.75) is 52.2 Å². The minimum absolute atomic E-state index is 0.209. The lowest BCUT2D eigenvalue weighted by molar-refractivity contribution is -0.149. The maximum atomic E-state index is 11.8. The maximum absolute atomic E-state index is 11.8. The van der Waals surface area contributed by atoms with E-state index < -0.39 is 17.2 Å². The summed E-state index contributed by atoms with van der Waals surface area (Å²) < 4.78 is 5.18. The molecule has 4 heteroatoms. The Bertz CT molecular complexity index is 354. The topological polar surface area (TPSA) is 46.6 Å². The molecule has 90 valence electrons. The van der Waals surface area contributed by atoms with Gasteiger partial charge < -0.3 is 4.74 Å². The van der Waals surface area contributed by atoms with Crippen LogP contribution < -0.4 is 0 Å². The predicted octanol–water partition coefficient (Wildman–Crippen LogP) is 2.49. The first kappa shape index (κ1) is 12.7. The molecule has 1 atom stereocenters. The van der Waals surface area contributed by atoms with Gasteiger partial charge in [0, 0.05) is 0 Å². The largest absolute Gasteiger partial charge is 0.443 e. The molecule has 0 spiro atoms. The zero-order chi connectivity index (χ0) is 12.7. The van der Waals surface area contributed by atoms with E-state index in [-0.39, 0.29) is 5.91 Å². The zero-order valence-corrected chi connectivity index (χ0v) is 10.6. The second-order valence-electron chi connectivity index (χ2n) is 5.44. The Morgan fingerprint density at radius 1 is 1.50 bits per heavy atom. The second-order valence-corrected chi connectivity index (χ2v) is 5.44. The Hall–Kier alpha value is -1.32. The molecule has 0 aliphatic carbocycles. The fourth-order valence-corrected chi connectivity index (χ4v) is 1.59. The fraction of sp³-hybridized carbons (Fsp3) is 0.667. The Labute approximate surface area is 96.3 Å². The normalized spacial score (nSPS) is 25.1. The van der Waals surface area contributed by atoms with E-state index in [1.165, 1.54) is 0 Å². The zero-order valence-electron chi connectivity index (χ0n) is 10.6. The van der Waals surface area contributed by atoms with E-state index in [4.69, 9.17) is 4.74 Å². The highest BCUT2D eigenvalue weighted by Gasteiger charge is 2.52. The van der Waals surface area contributed by atoms with Gasteiger partial charge in [-0.15, -0.1) is 0 Å². The van der Waals surface area contributed by atoms with Crippen LogP contribution in [0.15, 0.2) is 12.2 Å². The monoisotopic (exact) mass is 225 g/mol. The van der Waals surface area contributed by atoms with Gasteiger partial charge in [0.2, 0.25) is 5.91 Å². The Morgan fingerprint density at radius 3 is 2.31 bits per heavy atom.